The van der Waals surface area contributed by atoms with Crippen molar-refractivity contribution >= 4 is 7.82 Å². The number of halogens is 18. The summed E-state index contributed by atoms with van der Waals surface area (Å²) in [5.41, 5.74) is 0. The van der Waals surface area contributed by atoms with Crippen LogP contribution >= 0.6 is 7.82 Å². The summed E-state index contributed by atoms with van der Waals surface area (Å²) in [7, 11) is -6.83. The summed E-state index contributed by atoms with van der Waals surface area (Å²) in [6, 6.07) is 0. The Kier molecular flexibility index (Phi) is 10.3. The zero-order valence-electron chi connectivity index (χ0n) is 15.7. The van der Waals surface area contributed by atoms with Gasteiger partial charge in [-0.05, 0) is 0 Å². The molecule has 0 heterocycles. The van der Waals surface area contributed by atoms with Gasteiger partial charge in [0.1, 0.15) is 19.8 Å². The Morgan fingerprint density at radius 1 is 0.457 bits per heavy atom. The zero-order chi connectivity index (χ0) is 28.5. The Labute approximate surface area is 181 Å². The predicted molar refractivity (Wildman–Crippen MR) is 73.2 cm³/mol. The van der Waals surface area contributed by atoms with Crippen LogP contribution in [0.25, 0.3) is 0 Å². The quantitative estimate of drug-likeness (QED) is 0.187. The Balaban J connectivity index is 5.86. The molecule has 0 rings (SSSR count). The second-order valence-corrected chi connectivity index (χ2v) is 7.93. The first-order valence-corrected chi connectivity index (χ1v) is 9.34. The number of phosphoric ester groups is 1. The number of phosphoric acid groups is 1. The lowest BCUT2D eigenvalue weighted by molar-refractivity contribution is -0.256. The Morgan fingerprint density at radius 2 is 0.629 bits per heavy atom. The third kappa shape index (κ3) is 10.0. The lowest BCUT2D eigenvalue weighted by atomic mass is 10.2. The molecule has 0 aromatic carbocycles. The summed E-state index contributed by atoms with van der Waals surface area (Å²) in [5, 5.41) is 0. The van der Waals surface area contributed by atoms with Crippen LogP contribution in [0.3, 0.4) is 0 Å². The van der Waals surface area contributed by atoms with Crippen molar-refractivity contribution in [1.29, 1.82) is 0 Å². The van der Waals surface area contributed by atoms with Gasteiger partial charge in [0.05, 0.1) is 0 Å². The van der Waals surface area contributed by atoms with Gasteiger partial charge in [0.2, 0.25) is 0 Å². The highest BCUT2D eigenvalue weighted by Crippen LogP contribution is 2.54. The molecule has 0 aromatic heterocycles. The zero-order valence-corrected chi connectivity index (χ0v) is 16.6. The third-order valence-corrected chi connectivity index (χ3v) is 4.56. The second-order valence-electron chi connectivity index (χ2n) is 6.26. The molecule has 0 spiro atoms. The fraction of sp³-hybridized carbons (Fsp3) is 1.00. The number of alkyl halides is 18. The number of rotatable bonds is 12. The highest BCUT2D eigenvalue weighted by molar-refractivity contribution is 7.48. The van der Waals surface area contributed by atoms with Gasteiger partial charge in [0, 0.05) is 0 Å². The molecule has 3 atom stereocenters. The van der Waals surface area contributed by atoms with Crippen LogP contribution in [0.5, 0.6) is 0 Å². The first-order chi connectivity index (χ1) is 15.1. The molecule has 0 aliphatic carbocycles. The van der Waals surface area contributed by atoms with Gasteiger partial charge in [-0.1, -0.05) is 0 Å². The Hall–Kier alpha value is -1.15. The van der Waals surface area contributed by atoms with Crippen LogP contribution < -0.4 is 0 Å². The third-order valence-electron chi connectivity index (χ3n) is 3.22. The highest BCUT2D eigenvalue weighted by Gasteiger charge is 2.61. The molecular weight excluding hydrogens is 581 g/mol. The normalized spacial score (nSPS) is 17.9. The first kappa shape index (κ1) is 33.8. The van der Waals surface area contributed by atoms with E-state index in [9.17, 15) is 83.6 Å². The van der Waals surface area contributed by atoms with Crippen LogP contribution in [0.4, 0.5) is 79.0 Å². The summed E-state index contributed by atoms with van der Waals surface area (Å²) in [5.74, 6) is -17.6. The maximum Gasteiger partial charge on any atom is 0.475 e. The van der Waals surface area contributed by atoms with Crippen molar-refractivity contribution < 1.29 is 97.2 Å². The van der Waals surface area contributed by atoms with Gasteiger partial charge in [0.25, 0.3) is 18.5 Å². The predicted octanol–water partition coefficient (Wildman–Crippen LogP) is 6.75. The molecule has 23 heteroatoms. The van der Waals surface area contributed by atoms with Crippen LogP contribution in [-0.2, 0) is 18.1 Å². The highest BCUT2D eigenvalue weighted by atomic mass is 31.2. The molecule has 0 unspecified atom stereocenters. The SMILES string of the molecule is O=P(OCC(F)(F)[C@H](F)C(F)(F)F)(OCC(F)(F)[C@H](F)C(F)(F)F)OCC(F)(F)[C@@H](F)C(F)(F)F. The molecule has 0 radical (unpaired) electrons. The molecule has 0 aliphatic heterocycles. The molecule has 0 N–H and O–H groups in total. The van der Waals surface area contributed by atoms with E-state index < -0.39 is 82.5 Å². The maximum atomic E-state index is 13.2. The monoisotopic (exact) mass is 590 g/mol. The van der Waals surface area contributed by atoms with Crippen molar-refractivity contribution in [3.8, 4) is 0 Å². The van der Waals surface area contributed by atoms with Crippen LogP contribution in [0, 0.1) is 0 Å². The summed E-state index contributed by atoms with van der Waals surface area (Å²) in [6.07, 6.45) is -34.8. The van der Waals surface area contributed by atoms with Crippen LogP contribution in [-0.4, -0.2) is 74.6 Å². The average molecular weight is 590 g/mol. The minimum Gasteiger partial charge on any atom is -0.280 e. The van der Waals surface area contributed by atoms with E-state index in [1.165, 1.54) is 0 Å². The number of hydrogen-bond acceptors (Lipinski definition) is 4. The van der Waals surface area contributed by atoms with Crippen molar-refractivity contribution in [3.05, 3.63) is 0 Å². The molecule has 212 valence electrons. The van der Waals surface area contributed by atoms with E-state index in [0.29, 0.717) is 0 Å². The molecule has 0 saturated heterocycles. The van der Waals surface area contributed by atoms with Crippen molar-refractivity contribution in [2.45, 2.75) is 54.8 Å². The van der Waals surface area contributed by atoms with Crippen molar-refractivity contribution in [2.75, 3.05) is 19.8 Å². The van der Waals surface area contributed by atoms with Gasteiger partial charge in [-0.15, -0.1) is 0 Å². The fourth-order valence-corrected chi connectivity index (χ4v) is 2.76. The molecule has 35 heavy (non-hydrogen) atoms. The summed E-state index contributed by atoms with van der Waals surface area (Å²) in [6.45, 7) is -9.71. The van der Waals surface area contributed by atoms with E-state index >= 15 is 0 Å². The topological polar surface area (TPSA) is 44.8 Å². The molecule has 0 fully saturated rings. The minimum absolute atomic E-state index is 3.18. The largest absolute Gasteiger partial charge is 0.475 e. The molecule has 0 amide bonds. The summed E-state index contributed by atoms with van der Waals surface area (Å²) >= 11 is 0. The van der Waals surface area contributed by atoms with Crippen LogP contribution in [0.1, 0.15) is 0 Å². The molecule has 0 saturated carbocycles. The van der Waals surface area contributed by atoms with E-state index in [1.54, 1.807) is 0 Å². The number of hydrogen-bond donors (Lipinski definition) is 0. The average Bonchev–Trinajstić information content (AvgIpc) is 2.66. The fourth-order valence-electron chi connectivity index (χ4n) is 1.54. The van der Waals surface area contributed by atoms with Crippen molar-refractivity contribution in [3.63, 3.8) is 0 Å². The van der Waals surface area contributed by atoms with E-state index in [0.717, 1.165) is 0 Å². The molecule has 0 aromatic rings. The molecular formula is C12H9F18O4P. The Morgan fingerprint density at radius 3 is 0.771 bits per heavy atom. The van der Waals surface area contributed by atoms with E-state index in [4.69, 9.17) is 0 Å². The minimum atomic E-state index is -6.83. The summed E-state index contributed by atoms with van der Waals surface area (Å²) in [4.78, 5) is 0. The maximum absolute atomic E-state index is 13.2. The first-order valence-electron chi connectivity index (χ1n) is 7.88. The summed E-state index contributed by atoms with van der Waals surface area (Å²) < 4.78 is 247. The van der Waals surface area contributed by atoms with Gasteiger partial charge < -0.3 is 0 Å². The van der Waals surface area contributed by atoms with E-state index in [1.807, 2.05) is 0 Å². The lowest BCUT2D eigenvalue weighted by Gasteiger charge is -2.28. The van der Waals surface area contributed by atoms with Crippen molar-refractivity contribution in [2.24, 2.45) is 0 Å². The molecule has 0 aliphatic rings. The van der Waals surface area contributed by atoms with Crippen LogP contribution in [0.2, 0.25) is 0 Å². The van der Waals surface area contributed by atoms with Crippen molar-refractivity contribution in [1.82, 2.24) is 0 Å². The Bertz CT molecular complexity index is 635. The lowest BCUT2D eigenvalue weighted by Crippen LogP contribution is -2.46. The van der Waals surface area contributed by atoms with Gasteiger partial charge >= 0.3 is 44.1 Å². The smallest absolute Gasteiger partial charge is 0.280 e. The molecule has 0 bridgehead atoms. The standard InChI is InChI=1S/C12H9F18O4P/c13-4(10(22,23)24)7(16,17)1-32-35(31,33-2-8(18,19)5(14)11(25,26)27)34-3-9(20,21)6(15)12(28,29)30/h4-6H,1-3H2/t4-,5-,6+/m0/s1. The van der Waals surface area contributed by atoms with Gasteiger partial charge in [-0.25, -0.2) is 44.1 Å². The van der Waals surface area contributed by atoms with Gasteiger partial charge in [-0.2, -0.15) is 39.5 Å². The van der Waals surface area contributed by atoms with Gasteiger partial charge in [-0.3, -0.25) is 13.6 Å². The van der Waals surface area contributed by atoms with Crippen LogP contribution in [0.15, 0.2) is 0 Å². The second kappa shape index (κ2) is 10.7. The van der Waals surface area contributed by atoms with E-state index in [2.05, 4.69) is 13.6 Å². The van der Waals surface area contributed by atoms with E-state index in [-0.39, 0.29) is 0 Å². The molecule has 4 nitrogen and oxygen atoms in total. The van der Waals surface area contributed by atoms with Gasteiger partial charge in [0.15, 0.2) is 0 Å².